The lowest BCUT2D eigenvalue weighted by atomic mass is 10.3. The van der Waals surface area contributed by atoms with Gasteiger partial charge in [0.05, 0.1) is 6.54 Å². The van der Waals surface area contributed by atoms with Crippen LogP contribution in [-0.4, -0.2) is 24.4 Å². The summed E-state index contributed by atoms with van der Waals surface area (Å²) < 4.78 is 5.28. The van der Waals surface area contributed by atoms with E-state index in [0.29, 0.717) is 13.2 Å². The predicted molar refractivity (Wildman–Crippen MR) is 50.3 cm³/mol. The van der Waals surface area contributed by atoms with E-state index in [0.717, 1.165) is 5.75 Å². The molecular weight excluding hydrogens is 184 g/mol. The molecule has 1 aromatic rings. The summed E-state index contributed by atoms with van der Waals surface area (Å²) in [6.07, 6.45) is 0. The molecule has 76 valence electrons. The highest BCUT2D eigenvalue weighted by Crippen LogP contribution is 2.07. The highest BCUT2D eigenvalue weighted by Gasteiger charge is 1.95. The molecule has 0 saturated heterocycles. The van der Waals surface area contributed by atoms with Crippen LogP contribution in [0.3, 0.4) is 0 Å². The van der Waals surface area contributed by atoms with E-state index in [-0.39, 0.29) is 0 Å². The molecule has 0 aliphatic carbocycles. The predicted octanol–water partition coefficient (Wildman–Crippen LogP) is 0.754. The lowest BCUT2D eigenvalue weighted by Gasteiger charge is -2.06. The number of ether oxygens (including phenoxy) is 1. The maximum atomic E-state index is 10.5. The number of carbonyl (C=O) groups is 1. The van der Waals surface area contributed by atoms with Crippen LogP contribution in [-0.2, 0) is 0 Å². The molecule has 0 saturated carbocycles. The quantitative estimate of drug-likeness (QED) is 0.378. The zero-order chi connectivity index (χ0) is 10.2. The first-order valence-electron chi connectivity index (χ1n) is 4.18. The molecule has 0 spiro atoms. The van der Waals surface area contributed by atoms with E-state index >= 15 is 0 Å². The summed E-state index contributed by atoms with van der Waals surface area (Å²) in [5, 5.41) is 10.5. The molecule has 5 heteroatoms. The van der Waals surface area contributed by atoms with Crippen LogP contribution in [0.5, 0.6) is 5.75 Å². The van der Waals surface area contributed by atoms with Crippen LogP contribution < -0.4 is 15.5 Å². The number of nitrogens with one attached hydrogen (secondary N) is 2. The first kappa shape index (κ1) is 10.3. The van der Waals surface area contributed by atoms with Crippen molar-refractivity contribution in [1.82, 2.24) is 10.8 Å². The standard InChI is InChI=1S/C9H12N2O3/c12-9(11-13)10-6-7-14-8-4-2-1-3-5-8/h1-5,13H,6-7H2,(H2,10,11,12). The number of benzene rings is 1. The largest absolute Gasteiger partial charge is 0.492 e. The Balaban J connectivity index is 2.13. The van der Waals surface area contributed by atoms with Crippen molar-refractivity contribution >= 4 is 6.03 Å². The number of para-hydroxylation sites is 1. The Hall–Kier alpha value is -1.75. The van der Waals surface area contributed by atoms with Crippen molar-refractivity contribution in [2.24, 2.45) is 0 Å². The molecule has 0 radical (unpaired) electrons. The summed E-state index contributed by atoms with van der Waals surface area (Å²) in [6, 6.07) is 8.64. The smallest absolute Gasteiger partial charge is 0.338 e. The molecule has 1 aromatic carbocycles. The average molecular weight is 196 g/mol. The summed E-state index contributed by atoms with van der Waals surface area (Å²) in [4.78, 5) is 10.5. The number of hydrogen-bond donors (Lipinski definition) is 3. The van der Waals surface area contributed by atoms with Gasteiger partial charge >= 0.3 is 6.03 Å². The van der Waals surface area contributed by atoms with Gasteiger partial charge in [0.2, 0.25) is 0 Å². The highest BCUT2D eigenvalue weighted by atomic mass is 16.5. The molecule has 0 atom stereocenters. The SMILES string of the molecule is O=C(NO)NCCOc1ccccc1. The summed E-state index contributed by atoms with van der Waals surface area (Å²) in [5.41, 5.74) is 1.46. The average Bonchev–Trinajstić information content (AvgIpc) is 2.25. The van der Waals surface area contributed by atoms with Gasteiger partial charge in [0.25, 0.3) is 0 Å². The van der Waals surface area contributed by atoms with Crippen LogP contribution in [0.4, 0.5) is 4.79 Å². The first-order chi connectivity index (χ1) is 6.83. The molecule has 14 heavy (non-hydrogen) atoms. The first-order valence-corrected chi connectivity index (χ1v) is 4.18. The molecule has 0 heterocycles. The van der Waals surface area contributed by atoms with E-state index in [1.807, 2.05) is 30.3 Å². The van der Waals surface area contributed by atoms with E-state index in [1.54, 1.807) is 0 Å². The molecule has 0 aromatic heterocycles. The molecular formula is C9H12N2O3. The fourth-order valence-electron chi connectivity index (χ4n) is 0.890. The van der Waals surface area contributed by atoms with Gasteiger partial charge in [-0.2, -0.15) is 0 Å². The van der Waals surface area contributed by atoms with E-state index in [4.69, 9.17) is 9.94 Å². The summed E-state index contributed by atoms with van der Waals surface area (Å²) in [7, 11) is 0. The van der Waals surface area contributed by atoms with Crippen molar-refractivity contribution in [3.05, 3.63) is 30.3 Å². The fraction of sp³-hybridized carbons (Fsp3) is 0.222. The number of urea groups is 1. The monoisotopic (exact) mass is 196 g/mol. The van der Waals surface area contributed by atoms with Crippen molar-refractivity contribution < 1.29 is 14.7 Å². The number of hydrogen-bond acceptors (Lipinski definition) is 3. The number of rotatable bonds is 4. The maximum absolute atomic E-state index is 10.5. The lowest BCUT2D eigenvalue weighted by Crippen LogP contribution is -2.35. The number of carbonyl (C=O) groups excluding carboxylic acids is 1. The van der Waals surface area contributed by atoms with Gasteiger partial charge in [-0.3, -0.25) is 5.21 Å². The normalized spacial score (nSPS) is 9.21. The third-order valence-corrected chi connectivity index (χ3v) is 1.50. The van der Waals surface area contributed by atoms with Crippen LogP contribution in [0.1, 0.15) is 0 Å². The van der Waals surface area contributed by atoms with Crippen LogP contribution in [0.2, 0.25) is 0 Å². The van der Waals surface area contributed by atoms with Gasteiger partial charge in [-0.25, -0.2) is 10.3 Å². The number of hydroxylamine groups is 1. The Morgan fingerprint density at radius 1 is 1.36 bits per heavy atom. The second kappa shape index (κ2) is 5.82. The van der Waals surface area contributed by atoms with Gasteiger partial charge in [0.15, 0.2) is 0 Å². The van der Waals surface area contributed by atoms with Gasteiger partial charge in [0.1, 0.15) is 12.4 Å². The fourth-order valence-corrected chi connectivity index (χ4v) is 0.890. The van der Waals surface area contributed by atoms with Crippen molar-refractivity contribution in [1.29, 1.82) is 0 Å². The lowest BCUT2D eigenvalue weighted by molar-refractivity contribution is 0.160. The van der Waals surface area contributed by atoms with Gasteiger partial charge in [0, 0.05) is 0 Å². The van der Waals surface area contributed by atoms with Crippen LogP contribution >= 0.6 is 0 Å². The molecule has 0 unspecified atom stereocenters. The summed E-state index contributed by atoms with van der Waals surface area (Å²) >= 11 is 0. The molecule has 3 N–H and O–H groups in total. The minimum absolute atomic E-state index is 0.335. The van der Waals surface area contributed by atoms with Gasteiger partial charge in [-0.05, 0) is 12.1 Å². The van der Waals surface area contributed by atoms with Crippen LogP contribution in [0.25, 0.3) is 0 Å². The van der Waals surface area contributed by atoms with E-state index < -0.39 is 6.03 Å². The third kappa shape index (κ3) is 3.77. The summed E-state index contributed by atoms with van der Waals surface area (Å²) in [6.45, 7) is 0.693. The zero-order valence-electron chi connectivity index (χ0n) is 7.56. The Morgan fingerprint density at radius 3 is 2.71 bits per heavy atom. The molecule has 0 aliphatic heterocycles. The van der Waals surface area contributed by atoms with Gasteiger partial charge < -0.3 is 10.1 Å². The molecule has 0 aliphatic rings. The van der Waals surface area contributed by atoms with Crippen molar-refractivity contribution in [2.75, 3.05) is 13.2 Å². The van der Waals surface area contributed by atoms with Crippen LogP contribution in [0, 0.1) is 0 Å². The Kier molecular flexibility index (Phi) is 4.30. The molecule has 1 rings (SSSR count). The third-order valence-electron chi connectivity index (χ3n) is 1.50. The van der Waals surface area contributed by atoms with E-state index in [9.17, 15) is 4.79 Å². The molecule has 0 fully saturated rings. The van der Waals surface area contributed by atoms with Gasteiger partial charge in [-0.15, -0.1) is 0 Å². The summed E-state index contributed by atoms with van der Waals surface area (Å²) in [5.74, 6) is 0.749. The molecule has 5 nitrogen and oxygen atoms in total. The van der Waals surface area contributed by atoms with E-state index in [1.165, 1.54) is 5.48 Å². The van der Waals surface area contributed by atoms with Crippen molar-refractivity contribution in [2.45, 2.75) is 0 Å². The van der Waals surface area contributed by atoms with Gasteiger partial charge in [-0.1, -0.05) is 18.2 Å². The highest BCUT2D eigenvalue weighted by molar-refractivity contribution is 5.72. The zero-order valence-corrected chi connectivity index (χ0v) is 7.56. The second-order valence-electron chi connectivity index (χ2n) is 2.53. The second-order valence-corrected chi connectivity index (χ2v) is 2.53. The Bertz CT molecular complexity index is 277. The molecule has 2 amide bonds. The minimum atomic E-state index is -0.637. The van der Waals surface area contributed by atoms with Crippen molar-refractivity contribution in [3.8, 4) is 5.75 Å². The Labute approximate surface area is 81.6 Å². The van der Waals surface area contributed by atoms with Crippen molar-refractivity contribution in [3.63, 3.8) is 0 Å². The maximum Gasteiger partial charge on any atom is 0.338 e. The minimum Gasteiger partial charge on any atom is -0.492 e. The number of amides is 2. The Morgan fingerprint density at radius 2 is 2.07 bits per heavy atom. The molecule has 0 bridgehead atoms. The van der Waals surface area contributed by atoms with Crippen LogP contribution in [0.15, 0.2) is 30.3 Å². The topological polar surface area (TPSA) is 70.6 Å². The van der Waals surface area contributed by atoms with E-state index in [2.05, 4.69) is 5.32 Å².